The molecule has 1 aromatic carbocycles. The number of imidazole rings is 1. The zero-order valence-electron chi connectivity index (χ0n) is 10.9. The molecule has 0 fully saturated rings. The van der Waals surface area contributed by atoms with Crippen molar-refractivity contribution in [1.82, 2.24) is 9.97 Å². The fraction of sp³-hybridized carbons (Fsp3) is 0.286. The number of nitrogens with one attached hydrogen (secondary N) is 1. The Morgan fingerprint density at radius 1 is 1.39 bits per heavy atom. The minimum Gasteiger partial charge on any atom is -0.481 e. The van der Waals surface area contributed by atoms with Gasteiger partial charge in [-0.3, -0.25) is 4.79 Å². The number of aromatic nitrogens is 2. The maximum absolute atomic E-state index is 9.00. The van der Waals surface area contributed by atoms with Crippen LogP contribution >= 0.6 is 0 Å². The van der Waals surface area contributed by atoms with E-state index in [0.29, 0.717) is 0 Å². The second-order valence-electron chi connectivity index (χ2n) is 4.12. The van der Waals surface area contributed by atoms with Crippen LogP contribution in [-0.2, 0) is 11.2 Å². The highest BCUT2D eigenvalue weighted by atomic mass is 16.4. The molecule has 0 aliphatic heterocycles. The van der Waals surface area contributed by atoms with Crippen LogP contribution in [0.4, 0.5) is 0 Å². The third-order valence-corrected chi connectivity index (χ3v) is 2.64. The van der Waals surface area contributed by atoms with Crippen molar-refractivity contribution < 1.29 is 9.90 Å². The molecule has 0 atom stereocenters. The molecule has 18 heavy (non-hydrogen) atoms. The molecule has 0 aliphatic carbocycles. The van der Waals surface area contributed by atoms with Crippen molar-refractivity contribution in [3.8, 4) is 0 Å². The molecule has 2 rings (SSSR count). The lowest BCUT2D eigenvalue weighted by atomic mass is 10.0. The third kappa shape index (κ3) is 4.41. The van der Waals surface area contributed by atoms with E-state index in [1.807, 2.05) is 6.20 Å². The monoisotopic (exact) mass is 246 g/mol. The maximum atomic E-state index is 9.00. The van der Waals surface area contributed by atoms with Gasteiger partial charge in [0.15, 0.2) is 0 Å². The number of aromatic amines is 1. The molecule has 0 radical (unpaired) electrons. The molecule has 1 heterocycles. The summed E-state index contributed by atoms with van der Waals surface area (Å²) in [6.45, 7) is 5.39. The molecule has 0 aliphatic rings. The molecule has 0 unspecified atom stereocenters. The van der Waals surface area contributed by atoms with Crippen molar-refractivity contribution in [3.05, 3.63) is 53.1 Å². The van der Waals surface area contributed by atoms with Crippen LogP contribution in [0.3, 0.4) is 0 Å². The van der Waals surface area contributed by atoms with Gasteiger partial charge < -0.3 is 10.1 Å². The highest BCUT2D eigenvalue weighted by Gasteiger charge is 2.02. The van der Waals surface area contributed by atoms with Gasteiger partial charge in [-0.05, 0) is 30.5 Å². The van der Waals surface area contributed by atoms with Crippen molar-refractivity contribution in [3.63, 3.8) is 0 Å². The Hall–Kier alpha value is -2.10. The Bertz CT molecular complexity index is 501. The number of carboxylic acid groups (broad SMARTS) is 1. The van der Waals surface area contributed by atoms with Gasteiger partial charge in [-0.1, -0.05) is 18.2 Å². The van der Waals surface area contributed by atoms with Crippen LogP contribution in [0, 0.1) is 13.8 Å². The average Bonchev–Trinajstić information content (AvgIpc) is 2.77. The summed E-state index contributed by atoms with van der Waals surface area (Å²) in [5.74, 6) is -0.833. The number of H-pyrrole nitrogens is 1. The van der Waals surface area contributed by atoms with Crippen molar-refractivity contribution in [2.24, 2.45) is 0 Å². The third-order valence-electron chi connectivity index (χ3n) is 2.64. The zero-order valence-corrected chi connectivity index (χ0v) is 10.9. The first-order valence-corrected chi connectivity index (χ1v) is 5.73. The van der Waals surface area contributed by atoms with Gasteiger partial charge in [0.1, 0.15) is 0 Å². The van der Waals surface area contributed by atoms with E-state index in [1.54, 1.807) is 6.33 Å². The summed E-state index contributed by atoms with van der Waals surface area (Å²) in [6.07, 6.45) is 4.58. The topological polar surface area (TPSA) is 66.0 Å². The Kier molecular flexibility index (Phi) is 5.11. The number of rotatable bonds is 2. The molecule has 96 valence electrons. The molecular weight excluding hydrogens is 228 g/mol. The first-order valence-electron chi connectivity index (χ1n) is 5.73. The van der Waals surface area contributed by atoms with Gasteiger partial charge in [0.25, 0.3) is 5.97 Å². The van der Waals surface area contributed by atoms with E-state index in [-0.39, 0.29) is 0 Å². The van der Waals surface area contributed by atoms with Crippen LogP contribution in [0.15, 0.2) is 30.7 Å². The number of nitrogens with zero attached hydrogens (tertiary/aromatic N) is 1. The molecule has 0 bridgehead atoms. The fourth-order valence-corrected chi connectivity index (χ4v) is 1.59. The zero-order chi connectivity index (χ0) is 13.5. The fourth-order valence-electron chi connectivity index (χ4n) is 1.59. The van der Waals surface area contributed by atoms with Crippen LogP contribution in [-0.4, -0.2) is 21.0 Å². The van der Waals surface area contributed by atoms with Gasteiger partial charge in [-0.2, -0.15) is 0 Å². The first-order chi connectivity index (χ1) is 8.50. The van der Waals surface area contributed by atoms with Gasteiger partial charge in [-0.25, -0.2) is 4.98 Å². The molecule has 0 saturated carbocycles. The molecule has 2 N–H and O–H groups in total. The quantitative estimate of drug-likeness (QED) is 0.856. The average molecular weight is 246 g/mol. The summed E-state index contributed by atoms with van der Waals surface area (Å²) in [5, 5.41) is 7.42. The van der Waals surface area contributed by atoms with Crippen LogP contribution in [0.1, 0.15) is 29.3 Å². The van der Waals surface area contributed by atoms with Gasteiger partial charge in [-0.15, -0.1) is 0 Å². The number of carboxylic acids is 1. The molecule has 1 aromatic heterocycles. The lowest BCUT2D eigenvalue weighted by Crippen LogP contribution is -1.93. The minimum absolute atomic E-state index is 0.833. The number of aliphatic carboxylic acids is 1. The van der Waals surface area contributed by atoms with E-state index >= 15 is 0 Å². The predicted octanol–water partition coefficient (Wildman–Crippen LogP) is 2.71. The lowest BCUT2D eigenvalue weighted by Gasteiger charge is -2.06. The second-order valence-corrected chi connectivity index (χ2v) is 4.12. The molecule has 0 saturated heterocycles. The normalized spacial score (nSPS) is 9.50. The van der Waals surface area contributed by atoms with Gasteiger partial charge in [0.05, 0.1) is 12.0 Å². The molecular formula is C14H18N2O2. The summed E-state index contributed by atoms with van der Waals surface area (Å²) in [4.78, 5) is 16.2. The standard InChI is InChI=1S/C12H14N2.C2H4O2/c1-9-4-3-5-11(10(9)2)6-12-7-13-8-14-12;1-2(3)4/h3-5,7-8H,6H2,1-2H3,(H,13,14);1H3,(H,3,4). The Balaban J connectivity index is 0.000000357. The number of benzene rings is 1. The predicted molar refractivity (Wildman–Crippen MR) is 70.6 cm³/mol. The highest BCUT2D eigenvalue weighted by Crippen LogP contribution is 2.15. The van der Waals surface area contributed by atoms with Crippen LogP contribution in [0.25, 0.3) is 0 Å². The Morgan fingerprint density at radius 3 is 2.61 bits per heavy atom. The summed E-state index contributed by atoms with van der Waals surface area (Å²) >= 11 is 0. The van der Waals surface area contributed by atoms with Gasteiger partial charge in [0.2, 0.25) is 0 Å². The molecule has 4 nitrogen and oxygen atoms in total. The smallest absolute Gasteiger partial charge is 0.300 e. The van der Waals surface area contributed by atoms with E-state index < -0.39 is 5.97 Å². The van der Waals surface area contributed by atoms with Crippen LogP contribution < -0.4 is 0 Å². The first kappa shape index (κ1) is 14.0. The molecule has 2 aromatic rings. The Morgan fingerprint density at radius 2 is 2.06 bits per heavy atom. The summed E-state index contributed by atoms with van der Waals surface area (Å²) in [5.41, 5.74) is 5.17. The summed E-state index contributed by atoms with van der Waals surface area (Å²) < 4.78 is 0. The Labute approximate surface area is 107 Å². The van der Waals surface area contributed by atoms with Gasteiger partial charge in [0, 0.05) is 19.5 Å². The summed E-state index contributed by atoms with van der Waals surface area (Å²) in [6, 6.07) is 6.41. The molecule has 4 heteroatoms. The van der Waals surface area contributed by atoms with Crippen molar-refractivity contribution >= 4 is 5.97 Å². The van der Waals surface area contributed by atoms with Crippen LogP contribution in [0.5, 0.6) is 0 Å². The van der Waals surface area contributed by atoms with E-state index in [1.165, 1.54) is 16.7 Å². The molecule has 0 amide bonds. The van der Waals surface area contributed by atoms with Gasteiger partial charge >= 0.3 is 0 Å². The minimum atomic E-state index is -0.833. The number of aryl methyl sites for hydroxylation is 1. The van der Waals surface area contributed by atoms with E-state index in [0.717, 1.165) is 19.0 Å². The summed E-state index contributed by atoms with van der Waals surface area (Å²) in [7, 11) is 0. The van der Waals surface area contributed by atoms with E-state index in [9.17, 15) is 0 Å². The van der Waals surface area contributed by atoms with Crippen molar-refractivity contribution in [2.75, 3.05) is 0 Å². The number of hydrogen-bond donors (Lipinski definition) is 2. The second kappa shape index (κ2) is 6.59. The van der Waals surface area contributed by atoms with Crippen LogP contribution in [0.2, 0.25) is 0 Å². The SMILES string of the molecule is CC(=O)O.Cc1cccc(Cc2c[nH]cn2)c1C. The van der Waals surface area contributed by atoms with Crippen molar-refractivity contribution in [1.29, 1.82) is 0 Å². The molecule has 0 spiro atoms. The number of carbonyl (C=O) groups is 1. The van der Waals surface area contributed by atoms with Crippen molar-refractivity contribution in [2.45, 2.75) is 27.2 Å². The highest BCUT2D eigenvalue weighted by molar-refractivity contribution is 5.62. The van der Waals surface area contributed by atoms with E-state index in [4.69, 9.17) is 9.90 Å². The largest absolute Gasteiger partial charge is 0.481 e. The van der Waals surface area contributed by atoms with E-state index in [2.05, 4.69) is 42.0 Å². The lowest BCUT2D eigenvalue weighted by molar-refractivity contribution is -0.134. The number of hydrogen-bond acceptors (Lipinski definition) is 2. The maximum Gasteiger partial charge on any atom is 0.300 e.